The molecule has 0 spiro atoms. The van der Waals surface area contributed by atoms with Gasteiger partial charge in [-0.1, -0.05) is 12.1 Å². The summed E-state index contributed by atoms with van der Waals surface area (Å²) in [6.45, 7) is 2.39. The highest BCUT2D eigenvalue weighted by Gasteiger charge is 2.29. The van der Waals surface area contributed by atoms with E-state index in [1.807, 2.05) is 43.7 Å². The van der Waals surface area contributed by atoms with Crippen LogP contribution in [0.15, 0.2) is 60.9 Å². The van der Waals surface area contributed by atoms with E-state index < -0.39 is 12.7 Å². The molecule has 0 unspecified atom stereocenters. The number of rotatable bonds is 10. The molecule has 4 heterocycles. The second kappa shape index (κ2) is 10.4. The lowest BCUT2D eigenvalue weighted by Crippen LogP contribution is -2.45. The van der Waals surface area contributed by atoms with Gasteiger partial charge >= 0.3 is 0 Å². The van der Waals surface area contributed by atoms with Gasteiger partial charge in [0.25, 0.3) is 5.91 Å². The molecule has 2 aliphatic rings. The van der Waals surface area contributed by atoms with Crippen molar-refractivity contribution in [2.45, 2.75) is 38.4 Å². The van der Waals surface area contributed by atoms with Crippen LogP contribution in [0, 0.1) is 5.92 Å². The van der Waals surface area contributed by atoms with Crippen LogP contribution in [0.5, 0.6) is 5.75 Å². The van der Waals surface area contributed by atoms with E-state index in [-0.39, 0.29) is 12.5 Å². The van der Waals surface area contributed by atoms with E-state index in [4.69, 9.17) is 15.5 Å². The summed E-state index contributed by atoms with van der Waals surface area (Å²) in [6, 6.07) is 15.8. The second-order valence-electron chi connectivity index (χ2n) is 11.5. The number of aromatic nitrogens is 4. The molecule has 1 aliphatic carbocycles. The molecular formula is C32H35FN6O2. The molecule has 1 amide bonds. The summed E-state index contributed by atoms with van der Waals surface area (Å²) < 4.78 is 26.0. The minimum absolute atomic E-state index is 0.103. The van der Waals surface area contributed by atoms with Crippen LogP contribution in [-0.4, -0.2) is 61.9 Å². The fourth-order valence-electron chi connectivity index (χ4n) is 6.07. The molecule has 0 radical (unpaired) electrons. The van der Waals surface area contributed by atoms with Gasteiger partial charge in [-0.2, -0.15) is 0 Å². The zero-order chi connectivity index (χ0) is 28.1. The van der Waals surface area contributed by atoms with Gasteiger partial charge in [0.2, 0.25) is 0 Å². The number of hydrogen-bond donors (Lipinski definition) is 1. The number of ether oxygens (including phenoxy) is 1. The van der Waals surface area contributed by atoms with Crippen molar-refractivity contribution in [2.24, 2.45) is 18.7 Å². The monoisotopic (exact) mass is 554 g/mol. The minimum Gasteiger partial charge on any atom is -0.490 e. The molecule has 9 heteroatoms. The van der Waals surface area contributed by atoms with E-state index in [0.29, 0.717) is 31.1 Å². The molecule has 8 nitrogen and oxygen atoms in total. The summed E-state index contributed by atoms with van der Waals surface area (Å²) in [5.41, 5.74) is 11.4. The fraction of sp³-hybridized carbons (Fsp3) is 0.375. The van der Waals surface area contributed by atoms with Crippen LogP contribution in [0.2, 0.25) is 0 Å². The quantitative estimate of drug-likeness (QED) is 0.269. The Bertz CT molecular complexity index is 1730. The van der Waals surface area contributed by atoms with Crippen LogP contribution < -0.4 is 10.5 Å². The smallest absolute Gasteiger partial charge is 0.254 e. The average molecular weight is 555 g/mol. The van der Waals surface area contributed by atoms with E-state index in [2.05, 4.69) is 38.0 Å². The molecule has 41 heavy (non-hydrogen) atoms. The molecule has 1 atom stereocenters. The molecule has 0 bridgehead atoms. The third kappa shape index (κ3) is 4.78. The Morgan fingerprint density at radius 2 is 1.98 bits per heavy atom. The highest BCUT2D eigenvalue weighted by molar-refractivity contribution is 6.01. The molecule has 212 valence electrons. The third-order valence-corrected chi connectivity index (χ3v) is 8.45. The summed E-state index contributed by atoms with van der Waals surface area (Å²) in [5, 5.41) is 1.13. The Morgan fingerprint density at radius 1 is 1.15 bits per heavy atom. The van der Waals surface area contributed by atoms with Gasteiger partial charge in [-0.05, 0) is 67.1 Å². The van der Waals surface area contributed by atoms with E-state index in [0.717, 1.165) is 57.9 Å². The largest absolute Gasteiger partial charge is 0.490 e. The van der Waals surface area contributed by atoms with Crippen molar-refractivity contribution >= 4 is 27.8 Å². The third-order valence-electron chi connectivity index (χ3n) is 8.45. The van der Waals surface area contributed by atoms with E-state index in [1.165, 1.54) is 12.8 Å². The SMILES string of the molecule is Cn1c(-c2cc3cccc(OCCn4cccc4)c3n2CC2CC2)nc2cc3c(cc21)CCN(C[C@H](N)CF)C3=O. The summed E-state index contributed by atoms with van der Waals surface area (Å²) in [5.74, 6) is 2.29. The van der Waals surface area contributed by atoms with E-state index >= 15 is 0 Å². The molecule has 1 saturated carbocycles. The van der Waals surface area contributed by atoms with Crippen LogP contribution in [-0.2, 0) is 26.6 Å². The van der Waals surface area contributed by atoms with Crippen LogP contribution >= 0.6 is 0 Å². The normalized spacial score (nSPS) is 16.1. The Balaban J connectivity index is 1.27. The lowest BCUT2D eigenvalue weighted by atomic mass is 9.97. The van der Waals surface area contributed by atoms with Crippen LogP contribution in [0.3, 0.4) is 0 Å². The number of hydrogen-bond acceptors (Lipinski definition) is 4. The molecule has 5 aromatic rings. The topological polar surface area (TPSA) is 83.2 Å². The van der Waals surface area contributed by atoms with Gasteiger partial charge in [0.05, 0.1) is 34.8 Å². The number of halogens is 1. The molecule has 2 aromatic carbocycles. The van der Waals surface area contributed by atoms with Gasteiger partial charge in [0.1, 0.15) is 19.0 Å². The molecule has 0 saturated heterocycles. The second-order valence-corrected chi connectivity index (χ2v) is 11.5. The van der Waals surface area contributed by atoms with Crippen molar-refractivity contribution < 1.29 is 13.9 Å². The first-order valence-electron chi connectivity index (χ1n) is 14.5. The number of carbonyl (C=O) groups excluding carboxylic acids is 1. The lowest BCUT2D eigenvalue weighted by molar-refractivity contribution is 0.0725. The molecule has 7 rings (SSSR count). The van der Waals surface area contributed by atoms with Crippen LogP contribution in [0.1, 0.15) is 28.8 Å². The Hall–Kier alpha value is -4.11. The number of aryl methyl sites for hydroxylation is 1. The predicted octanol–water partition coefficient (Wildman–Crippen LogP) is 4.78. The zero-order valence-corrected chi connectivity index (χ0v) is 23.3. The number of alkyl halides is 1. The maximum Gasteiger partial charge on any atom is 0.254 e. The Labute approximate surface area is 238 Å². The van der Waals surface area contributed by atoms with Gasteiger partial charge in [-0.3, -0.25) is 4.79 Å². The molecular weight excluding hydrogens is 519 g/mol. The van der Waals surface area contributed by atoms with Crippen molar-refractivity contribution in [3.05, 3.63) is 72.1 Å². The van der Waals surface area contributed by atoms with Crippen LogP contribution in [0.4, 0.5) is 4.39 Å². The zero-order valence-electron chi connectivity index (χ0n) is 23.3. The van der Waals surface area contributed by atoms with Gasteiger partial charge in [0.15, 0.2) is 5.82 Å². The number of nitrogens with two attached hydrogens (primary N) is 1. The fourth-order valence-corrected chi connectivity index (χ4v) is 6.07. The van der Waals surface area contributed by atoms with Gasteiger partial charge in [0, 0.05) is 50.0 Å². The minimum atomic E-state index is -0.665. The van der Waals surface area contributed by atoms with Crippen molar-refractivity contribution in [3.63, 3.8) is 0 Å². The number of para-hydroxylation sites is 1. The number of fused-ring (bicyclic) bond motifs is 3. The molecule has 2 N–H and O–H groups in total. The predicted molar refractivity (Wildman–Crippen MR) is 158 cm³/mol. The lowest BCUT2D eigenvalue weighted by Gasteiger charge is -2.30. The highest BCUT2D eigenvalue weighted by atomic mass is 19.1. The summed E-state index contributed by atoms with van der Waals surface area (Å²) >= 11 is 0. The maximum absolute atomic E-state index is 13.3. The van der Waals surface area contributed by atoms with Gasteiger partial charge in [-0.15, -0.1) is 0 Å². The standard InChI is InChI=1S/C32H35FN6O2/c1-36-27-15-22-9-12-38(20-24(34)18-33)32(40)25(22)17-26(27)35-31(36)28-16-23-5-4-6-29(30(23)39(28)19-21-7-8-21)41-14-13-37-10-2-3-11-37/h2-6,10-11,15-17,21,24H,7-9,12-14,18-20,34H2,1H3/t24-/m1/s1. The van der Waals surface area contributed by atoms with E-state index in [9.17, 15) is 9.18 Å². The summed E-state index contributed by atoms with van der Waals surface area (Å²) in [6.07, 6.45) is 7.27. The van der Waals surface area contributed by atoms with Crippen molar-refractivity contribution in [1.82, 2.24) is 23.6 Å². The Kier molecular flexibility index (Phi) is 6.54. The van der Waals surface area contributed by atoms with E-state index in [1.54, 1.807) is 4.90 Å². The average Bonchev–Trinajstić information content (AvgIpc) is 3.35. The summed E-state index contributed by atoms with van der Waals surface area (Å²) in [4.78, 5) is 20.0. The molecule has 3 aromatic heterocycles. The van der Waals surface area contributed by atoms with Crippen LogP contribution in [0.25, 0.3) is 33.5 Å². The number of benzene rings is 2. The first-order valence-corrected chi connectivity index (χ1v) is 14.5. The highest BCUT2D eigenvalue weighted by Crippen LogP contribution is 2.39. The molecule has 1 fully saturated rings. The Morgan fingerprint density at radius 3 is 2.76 bits per heavy atom. The number of imidazole rings is 1. The van der Waals surface area contributed by atoms with Crippen molar-refractivity contribution in [3.8, 4) is 17.3 Å². The van der Waals surface area contributed by atoms with Gasteiger partial charge < -0.3 is 29.1 Å². The van der Waals surface area contributed by atoms with Crippen molar-refractivity contribution in [1.29, 1.82) is 0 Å². The first kappa shape index (κ1) is 25.8. The van der Waals surface area contributed by atoms with Crippen molar-refractivity contribution in [2.75, 3.05) is 26.4 Å². The number of carbonyl (C=O) groups is 1. The number of amides is 1. The van der Waals surface area contributed by atoms with Gasteiger partial charge in [-0.25, -0.2) is 9.37 Å². The summed E-state index contributed by atoms with van der Waals surface area (Å²) in [7, 11) is 2.04. The first-order chi connectivity index (χ1) is 20.0. The maximum atomic E-state index is 13.3. The number of nitrogens with zero attached hydrogens (tertiary/aromatic N) is 5. The molecule has 1 aliphatic heterocycles.